The van der Waals surface area contributed by atoms with Crippen LogP contribution in [0.1, 0.15) is 13.3 Å². The molecule has 20 heavy (non-hydrogen) atoms. The Bertz CT molecular complexity index is 489. The van der Waals surface area contributed by atoms with E-state index in [1.807, 2.05) is 6.92 Å². The number of carbonyl (C=O) groups excluding carboxylic acids is 1. The summed E-state index contributed by atoms with van der Waals surface area (Å²) in [6.45, 7) is 3.09. The molecule has 1 aromatic heterocycles. The molecule has 0 bridgehead atoms. The van der Waals surface area contributed by atoms with Crippen molar-refractivity contribution in [3.63, 3.8) is 0 Å². The number of ether oxygens (including phenoxy) is 1. The first-order chi connectivity index (χ1) is 9.60. The second-order valence-electron chi connectivity index (χ2n) is 4.52. The molecule has 1 aliphatic heterocycles. The van der Waals surface area contributed by atoms with Crippen molar-refractivity contribution in [2.24, 2.45) is 5.92 Å². The Morgan fingerprint density at radius 3 is 2.90 bits per heavy atom. The lowest BCUT2D eigenvalue weighted by Crippen LogP contribution is -2.33. The van der Waals surface area contributed by atoms with Crippen LogP contribution in [0.4, 0.5) is 10.5 Å². The molecule has 2 amide bonds. The fourth-order valence-electron chi connectivity index (χ4n) is 2.04. The number of hydrogen-bond acceptors (Lipinski definition) is 4. The molecule has 1 aliphatic rings. The number of carbonyl (C=O) groups is 2. The van der Waals surface area contributed by atoms with Gasteiger partial charge in [0.25, 0.3) is 0 Å². The van der Waals surface area contributed by atoms with E-state index in [-0.39, 0.29) is 12.6 Å². The van der Waals surface area contributed by atoms with Crippen LogP contribution < -0.4 is 10.1 Å². The Morgan fingerprint density at radius 2 is 2.35 bits per heavy atom. The summed E-state index contributed by atoms with van der Waals surface area (Å²) in [5.74, 6) is -0.833. The first-order valence-electron chi connectivity index (χ1n) is 6.47. The second-order valence-corrected chi connectivity index (χ2v) is 4.52. The zero-order chi connectivity index (χ0) is 14.5. The maximum Gasteiger partial charge on any atom is 0.321 e. The summed E-state index contributed by atoms with van der Waals surface area (Å²) < 4.78 is 5.21. The highest BCUT2D eigenvalue weighted by Crippen LogP contribution is 2.18. The number of rotatable bonds is 4. The van der Waals surface area contributed by atoms with E-state index in [2.05, 4.69) is 10.3 Å². The third kappa shape index (κ3) is 3.37. The number of anilines is 1. The first-order valence-corrected chi connectivity index (χ1v) is 6.47. The van der Waals surface area contributed by atoms with Gasteiger partial charge in [-0.25, -0.2) is 9.78 Å². The van der Waals surface area contributed by atoms with Gasteiger partial charge in [-0.2, -0.15) is 0 Å². The number of nitrogens with zero attached hydrogens (tertiary/aromatic N) is 2. The van der Waals surface area contributed by atoms with Gasteiger partial charge in [-0.15, -0.1) is 0 Å². The topological polar surface area (TPSA) is 91.8 Å². The number of hydrogen-bond donors (Lipinski definition) is 2. The van der Waals surface area contributed by atoms with E-state index in [0.717, 1.165) is 0 Å². The van der Waals surface area contributed by atoms with E-state index in [9.17, 15) is 9.59 Å². The van der Waals surface area contributed by atoms with Crippen molar-refractivity contribution in [3.05, 3.63) is 18.3 Å². The third-order valence-corrected chi connectivity index (χ3v) is 3.10. The molecule has 2 N–H and O–H groups in total. The molecule has 108 valence electrons. The Hall–Kier alpha value is -2.31. The number of carboxylic acid groups (broad SMARTS) is 1. The highest BCUT2D eigenvalue weighted by atomic mass is 16.5. The molecular formula is C13H17N3O4. The fourth-order valence-corrected chi connectivity index (χ4v) is 2.04. The van der Waals surface area contributed by atoms with E-state index >= 15 is 0 Å². The summed E-state index contributed by atoms with van der Waals surface area (Å²) in [6, 6.07) is 3.06. The molecule has 1 saturated heterocycles. The average molecular weight is 279 g/mol. The summed E-state index contributed by atoms with van der Waals surface area (Å²) in [5.41, 5.74) is 0.553. The van der Waals surface area contributed by atoms with Gasteiger partial charge in [-0.05, 0) is 19.4 Å². The van der Waals surface area contributed by atoms with Gasteiger partial charge in [0, 0.05) is 19.2 Å². The normalized spacial score (nSPS) is 17.9. The number of likely N-dealkylation sites (tertiary alicyclic amines) is 1. The molecule has 2 heterocycles. The van der Waals surface area contributed by atoms with Crippen molar-refractivity contribution in [2.75, 3.05) is 25.0 Å². The number of pyridine rings is 1. The Kier molecular flexibility index (Phi) is 4.39. The van der Waals surface area contributed by atoms with E-state index in [1.165, 1.54) is 11.1 Å². The van der Waals surface area contributed by atoms with E-state index in [4.69, 9.17) is 9.84 Å². The molecule has 0 saturated carbocycles. The summed E-state index contributed by atoms with van der Waals surface area (Å²) in [6.07, 6.45) is 2.00. The molecule has 1 unspecified atom stereocenters. The largest absolute Gasteiger partial charge is 0.481 e. The molecular weight excluding hydrogens is 262 g/mol. The lowest BCUT2D eigenvalue weighted by atomic mass is 10.1. The molecule has 7 heteroatoms. The number of nitrogens with one attached hydrogen (secondary N) is 1. The quantitative estimate of drug-likeness (QED) is 0.869. The Balaban J connectivity index is 1.90. The standard InChI is InChI=1S/C13H17N3O4/c1-2-20-11-4-3-10(7-14-11)15-13(19)16-6-5-9(8-16)12(17)18/h3-4,7,9H,2,5-6,8H2,1H3,(H,15,19)(H,17,18). The lowest BCUT2D eigenvalue weighted by molar-refractivity contribution is -0.141. The molecule has 2 rings (SSSR count). The monoisotopic (exact) mass is 279 g/mol. The van der Waals surface area contributed by atoms with Gasteiger partial charge in [-0.3, -0.25) is 4.79 Å². The van der Waals surface area contributed by atoms with Gasteiger partial charge in [0.1, 0.15) is 0 Å². The zero-order valence-corrected chi connectivity index (χ0v) is 11.2. The fraction of sp³-hybridized carbons (Fsp3) is 0.462. The minimum absolute atomic E-state index is 0.242. The second kappa shape index (κ2) is 6.23. The maximum absolute atomic E-state index is 12.0. The Morgan fingerprint density at radius 1 is 1.55 bits per heavy atom. The maximum atomic E-state index is 12.0. The van der Waals surface area contributed by atoms with Crippen molar-refractivity contribution in [1.82, 2.24) is 9.88 Å². The Labute approximate surface area is 116 Å². The molecule has 7 nitrogen and oxygen atoms in total. The van der Waals surface area contributed by atoms with Crippen LogP contribution in [0.3, 0.4) is 0 Å². The predicted molar refractivity (Wildman–Crippen MR) is 71.7 cm³/mol. The van der Waals surface area contributed by atoms with Crippen LogP contribution in [0.5, 0.6) is 5.88 Å². The lowest BCUT2D eigenvalue weighted by Gasteiger charge is -2.16. The molecule has 0 aliphatic carbocycles. The van der Waals surface area contributed by atoms with Crippen molar-refractivity contribution in [2.45, 2.75) is 13.3 Å². The molecule has 0 radical (unpaired) electrons. The van der Waals surface area contributed by atoms with E-state index in [0.29, 0.717) is 31.1 Å². The van der Waals surface area contributed by atoms with Crippen LogP contribution >= 0.6 is 0 Å². The van der Waals surface area contributed by atoms with Crippen molar-refractivity contribution < 1.29 is 19.4 Å². The van der Waals surface area contributed by atoms with Crippen LogP contribution in [0.15, 0.2) is 18.3 Å². The van der Waals surface area contributed by atoms with Crippen LogP contribution in [-0.2, 0) is 4.79 Å². The van der Waals surface area contributed by atoms with Gasteiger partial charge < -0.3 is 20.1 Å². The number of aromatic nitrogens is 1. The minimum Gasteiger partial charge on any atom is -0.481 e. The zero-order valence-electron chi connectivity index (χ0n) is 11.2. The molecule has 1 aromatic rings. The van der Waals surface area contributed by atoms with Gasteiger partial charge in [-0.1, -0.05) is 0 Å². The van der Waals surface area contributed by atoms with E-state index < -0.39 is 11.9 Å². The first kappa shape index (κ1) is 14.1. The van der Waals surface area contributed by atoms with E-state index in [1.54, 1.807) is 12.1 Å². The predicted octanol–water partition coefficient (Wildman–Crippen LogP) is 1.42. The van der Waals surface area contributed by atoms with Crippen molar-refractivity contribution in [3.8, 4) is 5.88 Å². The van der Waals surface area contributed by atoms with Crippen LogP contribution in [0.25, 0.3) is 0 Å². The van der Waals surface area contributed by atoms with Gasteiger partial charge in [0.2, 0.25) is 5.88 Å². The number of amides is 2. The van der Waals surface area contributed by atoms with Crippen LogP contribution in [-0.4, -0.2) is 46.7 Å². The summed E-state index contributed by atoms with van der Waals surface area (Å²) >= 11 is 0. The highest BCUT2D eigenvalue weighted by molar-refractivity contribution is 5.89. The van der Waals surface area contributed by atoms with Gasteiger partial charge in [0.15, 0.2) is 0 Å². The summed E-state index contributed by atoms with van der Waals surface area (Å²) in [5, 5.41) is 11.6. The smallest absolute Gasteiger partial charge is 0.321 e. The van der Waals surface area contributed by atoms with Crippen LogP contribution in [0.2, 0.25) is 0 Å². The van der Waals surface area contributed by atoms with Gasteiger partial charge >= 0.3 is 12.0 Å². The van der Waals surface area contributed by atoms with Crippen LogP contribution in [0, 0.1) is 5.92 Å². The minimum atomic E-state index is -0.858. The van der Waals surface area contributed by atoms with Crippen molar-refractivity contribution in [1.29, 1.82) is 0 Å². The molecule has 1 atom stereocenters. The molecule has 0 spiro atoms. The number of carboxylic acids is 1. The van der Waals surface area contributed by atoms with Gasteiger partial charge in [0.05, 0.1) is 24.4 Å². The SMILES string of the molecule is CCOc1ccc(NC(=O)N2CCC(C(=O)O)C2)cn1. The molecule has 0 aromatic carbocycles. The average Bonchev–Trinajstić information content (AvgIpc) is 2.91. The summed E-state index contributed by atoms with van der Waals surface area (Å²) in [7, 11) is 0. The number of aliphatic carboxylic acids is 1. The molecule has 1 fully saturated rings. The summed E-state index contributed by atoms with van der Waals surface area (Å²) in [4.78, 5) is 28.3. The highest BCUT2D eigenvalue weighted by Gasteiger charge is 2.30. The third-order valence-electron chi connectivity index (χ3n) is 3.10. The van der Waals surface area contributed by atoms with Crippen molar-refractivity contribution >= 4 is 17.7 Å². The number of urea groups is 1.